The Morgan fingerprint density at radius 2 is 2.00 bits per heavy atom. The van der Waals surface area contributed by atoms with E-state index in [1.807, 2.05) is 0 Å². The predicted octanol–water partition coefficient (Wildman–Crippen LogP) is 1.51. The van der Waals surface area contributed by atoms with Crippen molar-refractivity contribution in [1.82, 2.24) is 10.6 Å². The van der Waals surface area contributed by atoms with Crippen molar-refractivity contribution in [1.29, 1.82) is 0 Å². The minimum Gasteiger partial charge on any atom is -0.452 e. The molecule has 134 valence electrons. The summed E-state index contributed by atoms with van der Waals surface area (Å²) in [6, 6.07) is 4.08. The number of fused-ring (bicyclic) bond motifs is 1. The number of urea groups is 1. The molecular formula is C16H19N3O5S. The third-order valence-electron chi connectivity index (χ3n) is 2.92. The molecule has 0 aliphatic carbocycles. The molecule has 8 nitrogen and oxygen atoms in total. The number of thioether (sulfide) groups is 1. The Kier molecular flexibility index (Phi) is 5.68. The molecule has 9 heteroatoms. The van der Waals surface area contributed by atoms with Crippen molar-refractivity contribution in [3.63, 3.8) is 0 Å². The van der Waals surface area contributed by atoms with Gasteiger partial charge in [-0.25, -0.2) is 9.59 Å². The van der Waals surface area contributed by atoms with Gasteiger partial charge in [0, 0.05) is 10.4 Å². The fourth-order valence-electron chi connectivity index (χ4n) is 1.96. The van der Waals surface area contributed by atoms with Crippen LogP contribution in [-0.4, -0.2) is 41.7 Å². The molecule has 0 radical (unpaired) electrons. The van der Waals surface area contributed by atoms with Crippen molar-refractivity contribution in [3.05, 3.63) is 23.8 Å². The quantitative estimate of drug-likeness (QED) is 0.700. The number of imide groups is 1. The number of rotatable bonds is 3. The molecule has 0 aromatic heterocycles. The van der Waals surface area contributed by atoms with Crippen molar-refractivity contribution < 1.29 is 23.9 Å². The van der Waals surface area contributed by atoms with Gasteiger partial charge in [0.15, 0.2) is 6.61 Å². The van der Waals surface area contributed by atoms with Crippen LogP contribution in [0.4, 0.5) is 10.5 Å². The van der Waals surface area contributed by atoms with Gasteiger partial charge in [-0.2, -0.15) is 0 Å². The lowest BCUT2D eigenvalue weighted by atomic mass is 10.1. The third kappa shape index (κ3) is 5.79. The molecule has 0 bridgehead atoms. The van der Waals surface area contributed by atoms with E-state index in [0.29, 0.717) is 11.4 Å². The van der Waals surface area contributed by atoms with Gasteiger partial charge in [0.05, 0.1) is 17.0 Å². The Morgan fingerprint density at radius 3 is 2.68 bits per heavy atom. The lowest BCUT2D eigenvalue weighted by Gasteiger charge is -2.20. The van der Waals surface area contributed by atoms with E-state index in [1.165, 1.54) is 17.8 Å². The molecule has 1 aliphatic heterocycles. The number of amides is 4. The second kappa shape index (κ2) is 7.56. The zero-order chi connectivity index (χ0) is 18.6. The molecule has 0 saturated carbocycles. The third-order valence-corrected chi connectivity index (χ3v) is 4.00. The standard InChI is InChI=1S/C16H19N3O5S/c1-16(2,3)19-15(23)18-12(20)7-24-14(22)9-4-5-11-10(6-9)17-13(21)8-25-11/h4-6H,7-8H2,1-3H3,(H,17,21)(H2,18,19,20,23). The van der Waals surface area contributed by atoms with Crippen LogP contribution >= 0.6 is 11.8 Å². The van der Waals surface area contributed by atoms with E-state index in [9.17, 15) is 19.2 Å². The highest BCUT2D eigenvalue weighted by molar-refractivity contribution is 8.00. The monoisotopic (exact) mass is 365 g/mol. The highest BCUT2D eigenvalue weighted by Crippen LogP contribution is 2.32. The summed E-state index contributed by atoms with van der Waals surface area (Å²) in [5.74, 6) is -1.28. The maximum absolute atomic E-state index is 12.0. The fraction of sp³-hybridized carbons (Fsp3) is 0.375. The minimum atomic E-state index is -0.739. The molecule has 1 aliphatic rings. The number of ether oxygens (including phenoxy) is 1. The SMILES string of the molecule is CC(C)(C)NC(=O)NC(=O)COC(=O)c1ccc2c(c1)NC(=O)CS2. The number of nitrogens with one attached hydrogen (secondary N) is 3. The second-order valence-corrected chi connectivity index (χ2v) is 7.39. The fourth-order valence-corrected chi connectivity index (χ4v) is 2.75. The molecule has 1 heterocycles. The number of carbonyl (C=O) groups excluding carboxylic acids is 4. The summed E-state index contributed by atoms with van der Waals surface area (Å²) in [6.45, 7) is 4.72. The highest BCUT2D eigenvalue weighted by Gasteiger charge is 2.19. The summed E-state index contributed by atoms with van der Waals surface area (Å²) >= 11 is 1.37. The molecule has 0 saturated heterocycles. The number of hydrogen-bond acceptors (Lipinski definition) is 6. The first-order valence-corrected chi connectivity index (χ1v) is 8.48. The van der Waals surface area contributed by atoms with Crippen molar-refractivity contribution in [3.8, 4) is 0 Å². The normalized spacial score (nSPS) is 13.3. The van der Waals surface area contributed by atoms with Crippen molar-refractivity contribution in [2.24, 2.45) is 0 Å². The largest absolute Gasteiger partial charge is 0.452 e. The molecular weight excluding hydrogens is 346 g/mol. The average molecular weight is 365 g/mol. The summed E-state index contributed by atoms with van der Waals surface area (Å²) in [7, 11) is 0. The summed E-state index contributed by atoms with van der Waals surface area (Å²) in [4.78, 5) is 47.4. The van der Waals surface area contributed by atoms with Crippen molar-refractivity contribution in [2.45, 2.75) is 31.2 Å². The summed E-state index contributed by atoms with van der Waals surface area (Å²) in [5, 5.41) is 7.29. The van der Waals surface area contributed by atoms with Gasteiger partial charge >= 0.3 is 12.0 Å². The molecule has 0 fully saturated rings. The van der Waals surface area contributed by atoms with Gasteiger partial charge in [-0.1, -0.05) is 0 Å². The van der Waals surface area contributed by atoms with Crippen LogP contribution in [-0.2, 0) is 14.3 Å². The van der Waals surface area contributed by atoms with Crippen LogP contribution in [0, 0.1) is 0 Å². The van der Waals surface area contributed by atoms with E-state index in [2.05, 4.69) is 16.0 Å². The molecule has 2 rings (SSSR count). The van der Waals surface area contributed by atoms with Gasteiger partial charge in [-0.05, 0) is 39.0 Å². The van der Waals surface area contributed by atoms with E-state index < -0.39 is 30.1 Å². The van der Waals surface area contributed by atoms with Crippen LogP contribution in [0.25, 0.3) is 0 Å². The van der Waals surface area contributed by atoms with E-state index >= 15 is 0 Å². The van der Waals surface area contributed by atoms with Gasteiger partial charge < -0.3 is 15.4 Å². The maximum atomic E-state index is 12.0. The van der Waals surface area contributed by atoms with Crippen LogP contribution in [0.15, 0.2) is 23.1 Å². The van der Waals surface area contributed by atoms with Gasteiger partial charge in [0.1, 0.15) is 0 Å². The zero-order valence-electron chi connectivity index (χ0n) is 14.1. The highest BCUT2D eigenvalue weighted by atomic mass is 32.2. The number of hydrogen-bond donors (Lipinski definition) is 3. The lowest BCUT2D eigenvalue weighted by Crippen LogP contribution is -2.49. The van der Waals surface area contributed by atoms with Gasteiger partial charge in [-0.3, -0.25) is 14.9 Å². The molecule has 4 amide bonds. The Bertz CT molecular complexity index is 727. The Balaban J connectivity index is 1.88. The van der Waals surface area contributed by atoms with Gasteiger partial charge in [0.2, 0.25) is 5.91 Å². The van der Waals surface area contributed by atoms with Crippen molar-refractivity contribution >= 4 is 41.3 Å². The first kappa shape index (κ1) is 18.8. The number of benzene rings is 1. The smallest absolute Gasteiger partial charge is 0.338 e. The Morgan fingerprint density at radius 1 is 1.28 bits per heavy atom. The minimum absolute atomic E-state index is 0.146. The molecule has 1 aromatic carbocycles. The molecule has 0 unspecified atom stereocenters. The summed E-state index contributed by atoms with van der Waals surface area (Å²) in [5.41, 5.74) is 0.241. The molecule has 3 N–H and O–H groups in total. The number of esters is 1. The van der Waals surface area contributed by atoms with Crippen LogP contribution in [0.1, 0.15) is 31.1 Å². The van der Waals surface area contributed by atoms with E-state index in [1.54, 1.807) is 32.9 Å². The topological polar surface area (TPSA) is 114 Å². The molecule has 0 atom stereocenters. The van der Waals surface area contributed by atoms with E-state index in [0.717, 1.165) is 4.90 Å². The summed E-state index contributed by atoms with van der Waals surface area (Å²) in [6.07, 6.45) is 0. The Labute approximate surface area is 149 Å². The lowest BCUT2D eigenvalue weighted by molar-refractivity contribution is -0.123. The molecule has 0 spiro atoms. The predicted molar refractivity (Wildman–Crippen MR) is 92.5 cm³/mol. The zero-order valence-corrected chi connectivity index (χ0v) is 14.9. The average Bonchev–Trinajstić information content (AvgIpc) is 2.49. The van der Waals surface area contributed by atoms with Gasteiger partial charge in [0.25, 0.3) is 5.91 Å². The van der Waals surface area contributed by atoms with E-state index in [-0.39, 0.29) is 11.5 Å². The number of anilines is 1. The maximum Gasteiger partial charge on any atom is 0.338 e. The molecule has 25 heavy (non-hydrogen) atoms. The van der Waals surface area contributed by atoms with Crippen LogP contribution in [0.5, 0.6) is 0 Å². The van der Waals surface area contributed by atoms with Crippen LogP contribution in [0.2, 0.25) is 0 Å². The number of carbonyl (C=O) groups is 4. The Hall–Kier alpha value is -2.55. The van der Waals surface area contributed by atoms with Gasteiger partial charge in [-0.15, -0.1) is 11.8 Å². The van der Waals surface area contributed by atoms with Crippen LogP contribution < -0.4 is 16.0 Å². The van der Waals surface area contributed by atoms with E-state index in [4.69, 9.17) is 4.74 Å². The second-order valence-electron chi connectivity index (χ2n) is 6.38. The summed E-state index contributed by atoms with van der Waals surface area (Å²) < 4.78 is 4.89. The first-order chi connectivity index (χ1) is 11.6. The molecule has 1 aromatic rings. The van der Waals surface area contributed by atoms with Crippen LogP contribution in [0.3, 0.4) is 0 Å². The van der Waals surface area contributed by atoms with Crippen molar-refractivity contribution in [2.75, 3.05) is 17.7 Å². The first-order valence-electron chi connectivity index (χ1n) is 7.50.